The smallest absolute Gasteiger partial charge is 0.240 e. The van der Waals surface area contributed by atoms with E-state index in [1.54, 1.807) is 0 Å². The Morgan fingerprint density at radius 2 is 2.13 bits per heavy atom. The first-order valence-electron chi connectivity index (χ1n) is 7.79. The van der Waals surface area contributed by atoms with Crippen LogP contribution in [0.5, 0.6) is 0 Å². The molecule has 0 unspecified atom stereocenters. The topological polar surface area (TPSA) is 62.4 Å². The fraction of sp³-hybridized carbons (Fsp3) is 0.500. The first kappa shape index (κ1) is 14.7. The van der Waals surface area contributed by atoms with Gasteiger partial charge in [-0.15, -0.1) is 0 Å². The molecule has 7 heteroatoms. The average Bonchev–Trinajstić information content (AvgIpc) is 3.16. The molecule has 2 heterocycles. The summed E-state index contributed by atoms with van der Waals surface area (Å²) >= 11 is 0. The van der Waals surface area contributed by atoms with Gasteiger partial charge >= 0.3 is 0 Å². The average molecular weight is 321 g/mol. The van der Waals surface area contributed by atoms with Crippen molar-refractivity contribution in [2.45, 2.75) is 43.9 Å². The van der Waals surface area contributed by atoms with E-state index in [4.69, 9.17) is 4.52 Å². The Bertz CT molecular complexity index is 717. The second-order valence-corrected chi connectivity index (χ2v) is 6.32. The molecule has 2 atom stereocenters. The van der Waals surface area contributed by atoms with Gasteiger partial charge in [0.05, 0.1) is 12.6 Å². The van der Waals surface area contributed by atoms with Gasteiger partial charge < -0.3 is 9.63 Å². The van der Waals surface area contributed by atoms with Crippen LogP contribution in [0.4, 0.5) is 8.78 Å². The van der Waals surface area contributed by atoms with Crippen LogP contribution in [-0.4, -0.2) is 32.8 Å². The van der Waals surface area contributed by atoms with Crippen LogP contribution in [-0.2, 0) is 6.54 Å². The lowest BCUT2D eigenvalue weighted by Crippen LogP contribution is -2.25. The Morgan fingerprint density at radius 1 is 1.30 bits per heavy atom. The van der Waals surface area contributed by atoms with E-state index in [0.29, 0.717) is 37.1 Å². The first-order chi connectivity index (χ1) is 11.1. The number of halogens is 2. The number of aliphatic hydroxyl groups is 1. The van der Waals surface area contributed by atoms with Crippen molar-refractivity contribution >= 4 is 0 Å². The van der Waals surface area contributed by atoms with Crippen LogP contribution in [0.25, 0.3) is 0 Å². The van der Waals surface area contributed by atoms with Crippen molar-refractivity contribution in [3.05, 3.63) is 47.1 Å². The fourth-order valence-corrected chi connectivity index (χ4v) is 3.16. The third kappa shape index (κ3) is 2.98. The lowest BCUT2D eigenvalue weighted by atomic mass is 10.0. The highest BCUT2D eigenvalue weighted by atomic mass is 19.1. The van der Waals surface area contributed by atoms with Gasteiger partial charge in [-0.25, -0.2) is 8.78 Å². The monoisotopic (exact) mass is 321 g/mol. The molecule has 2 aromatic rings. The van der Waals surface area contributed by atoms with Crippen LogP contribution in [0.15, 0.2) is 22.7 Å². The van der Waals surface area contributed by atoms with Crippen molar-refractivity contribution in [1.29, 1.82) is 0 Å². The van der Waals surface area contributed by atoms with Crippen molar-refractivity contribution in [2.75, 3.05) is 6.54 Å². The van der Waals surface area contributed by atoms with E-state index >= 15 is 0 Å². The van der Waals surface area contributed by atoms with Gasteiger partial charge in [0.15, 0.2) is 5.82 Å². The predicted molar refractivity (Wildman–Crippen MR) is 76.4 cm³/mol. The molecule has 5 nitrogen and oxygen atoms in total. The zero-order valence-electron chi connectivity index (χ0n) is 12.5. The summed E-state index contributed by atoms with van der Waals surface area (Å²) in [5.41, 5.74) is 0.253. The summed E-state index contributed by atoms with van der Waals surface area (Å²) in [7, 11) is 0. The summed E-state index contributed by atoms with van der Waals surface area (Å²) in [6.07, 6.45) is 1.93. The molecule has 0 radical (unpaired) electrons. The summed E-state index contributed by atoms with van der Waals surface area (Å²) in [5.74, 6) is 0.598. The van der Waals surface area contributed by atoms with E-state index in [1.807, 2.05) is 4.90 Å². The molecule has 1 aromatic heterocycles. The Morgan fingerprint density at radius 3 is 2.91 bits per heavy atom. The van der Waals surface area contributed by atoms with Gasteiger partial charge in [0, 0.05) is 24.1 Å². The number of aromatic nitrogens is 2. The minimum absolute atomic E-state index is 0.253. The van der Waals surface area contributed by atoms with Crippen molar-refractivity contribution < 1.29 is 18.4 Å². The molecule has 23 heavy (non-hydrogen) atoms. The summed E-state index contributed by atoms with van der Waals surface area (Å²) < 4.78 is 32.8. The molecule has 0 amide bonds. The highest BCUT2D eigenvalue weighted by Crippen LogP contribution is 2.39. The van der Waals surface area contributed by atoms with Crippen molar-refractivity contribution in [3.8, 4) is 0 Å². The number of aliphatic hydroxyl groups excluding tert-OH is 1. The number of likely N-dealkylation sites (tertiary alicyclic amines) is 1. The van der Waals surface area contributed by atoms with Crippen LogP contribution < -0.4 is 0 Å². The minimum atomic E-state index is -0.589. The minimum Gasteiger partial charge on any atom is -0.392 e. The van der Waals surface area contributed by atoms with E-state index in [9.17, 15) is 13.9 Å². The maximum atomic E-state index is 14.1. The third-order valence-electron chi connectivity index (χ3n) is 4.46. The molecular formula is C16H17F2N3O2. The SMILES string of the molecule is O[C@H]1C[C@H](c2cc(F)ccc2F)N(Cc2nc(C3CC3)no2)C1. The number of hydrogen-bond acceptors (Lipinski definition) is 5. The molecule has 0 spiro atoms. The highest BCUT2D eigenvalue weighted by Gasteiger charge is 2.35. The Hall–Kier alpha value is -1.86. The van der Waals surface area contributed by atoms with Crippen molar-refractivity contribution in [3.63, 3.8) is 0 Å². The van der Waals surface area contributed by atoms with E-state index in [0.717, 1.165) is 25.0 Å². The Labute approximate surface area is 131 Å². The number of rotatable bonds is 4. The summed E-state index contributed by atoms with van der Waals surface area (Å²) in [6.45, 7) is 0.680. The predicted octanol–water partition coefficient (Wildman–Crippen LogP) is 2.53. The number of hydrogen-bond donors (Lipinski definition) is 1. The van der Waals surface area contributed by atoms with Gasteiger partial charge in [0.25, 0.3) is 0 Å². The van der Waals surface area contributed by atoms with Crippen LogP contribution in [0.3, 0.4) is 0 Å². The maximum Gasteiger partial charge on any atom is 0.240 e. The van der Waals surface area contributed by atoms with Crippen LogP contribution in [0, 0.1) is 11.6 Å². The number of β-amino-alcohol motifs (C(OH)–C–C–N with tert-alkyl or cyclic N) is 1. The third-order valence-corrected chi connectivity index (χ3v) is 4.46. The highest BCUT2D eigenvalue weighted by molar-refractivity contribution is 5.24. The van der Waals surface area contributed by atoms with Gasteiger partial charge in [-0.2, -0.15) is 4.98 Å². The van der Waals surface area contributed by atoms with E-state index in [1.165, 1.54) is 6.07 Å². The Balaban J connectivity index is 1.56. The molecule has 122 valence electrons. The summed E-state index contributed by atoms with van der Waals surface area (Å²) in [6, 6.07) is 2.99. The van der Waals surface area contributed by atoms with Crippen LogP contribution >= 0.6 is 0 Å². The quantitative estimate of drug-likeness (QED) is 0.937. The van der Waals surface area contributed by atoms with Crippen LogP contribution in [0.2, 0.25) is 0 Å². The van der Waals surface area contributed by atoms with Gasteiger partial charge in [0.2, 0.25) is 5.89 Å². The summed E-state index contributed by atoms with van der Waals surface area (Å²) in [4.78, 5) is 6.21. The van der Waals surface area contributed by atoms with Crippen LogP contribution in [0.1, 0.15) is 48.5 Å². The normalized spacial score (nSPS) is 25.2. The zero-order chi connectivity index (χ0) is 16.0. The number of nitrogens with zero attached hydrogens (tertiary/aromatic N) is 3. The molecule has 1 aliphatic carbocycles. The van der Waals surface area contributed by atoms with E-state index in [-0.39, 0.29) is 5.56 Å². The lowest BCUT2D eigenvalue weighted by molar-refractivity contribution is 0.164. The molecular weight excluding hydrogens is 304 g/mol. The van der Waals surface area contributed by atoms with E-state index < -0.39 is 23.8 Å². The van der Waals surface area contributed by atoms with Gasteiger partial charge in [-0.1, -0.05) is 5.16 Å². The van der Waals surface area contributed by atoms with Crippen molar-refractivity contribution in [1.82, 2.24) is 15.0 Å². The molecule has 4 rings (SSSR count). The molecule has 1 saturated carbocycles. The second kappa shape index (κ2) is 5.65. The van der Waals surface area contributed by atoms with Gasteiger partial charge in [0.1, 0.15) is 11.6 Å². The maximum absolute atomic E-state index is 14.1. The molecule has 2 fully saturated rings. The zero-order valence-corrected chi connectivity index (χ0v) is 12.5. The standard InChI is InChI=1S/C16H17F2N3O2/c17-10-3-4-13(18)12(5-10)14-6-11(22)7-21(14)8-15-19-16(20-23-15)9-1-2-9/h3-5,9,11,14,22H,1-2,6-8H2/t11-,14+/m0/s1. The Kier molecular flexibility index (Phi) is 3.61. The van der Waals surface area contributed by atoms with Gasteiger partial charge in [-0.3, -0.25) is 4.90 Å². The largest absolute Gasteiger partial charge is 0.392 e. The van der Waals surface area contributed by atoms with Crippen molar-refractivity contribution in [2.24, 2.45) is 0 Å². The molecule has 2 aliphatic rings. The number of benzene rings is 1. The fourth-order valence-electron chi connectivity index (χ4n) is 3.16. The van der Waals surface area contributed by atoms with E-state index in [2.05, 4.69) is 10.1 Å². The first-order valence-corrected chi connectivity index (χ1v) is 7.79. The molecule has 1 saturated heterocycles. The second-order valence-electron chi connectivity index (χ2n) is 6.32. The molecule has 0 bridgehead atoms. The van der Waals surface area contributed by atoms with Gasteiger partial charge in [-0.05, 0) is 37.5 Å². The molecule has 1 N–H and O–H groups in total. The molecule has 1 aromatic carbocycles. The lowest BCUT2D eigenvalue weighted by Gasteiger charge is -2.23. The molecule has 1 aliphatic heterocycles. The summed E-state index contributed by atoms with van der Waals surface area (Å²) in [5, 5.41) is 13.9.